The molecule has 1 aromatic heterocycles. The van der Waals surface area contributed by atoms with Crippen LogP contribution in [0.4, 0.5) is 4.79 Å². The van der Waals surface area contributed by atoms with Crippen molar-refractivity contribution in [2.45, 2.75) is 45.1 Å². The summed E-state index contributed by atoms with van der Waals surface area (Å²) in [4.78, 5) is 18.8. The molecule has 3 rings (SSSR count). The first-order chi connectivity index (χ1) is 12.4. The van der Waals surface area contributed by atoms with Crippen molar-refractivity contribution in [1.82, 2.24) is 9.88 Å². The molecule has 2 heterocycles. The molecule has 5 nitrogen and oxygen atoms in total. The van der Waals surface area contributed by atoms with Crippen molar-refractivity contribution in [3.8, 4) is 17.0 Å². The average molecular weight is 375 g/mol. The van der Waals surface area contributed by atoms with Gasteiger partial charge in [0.1, 0.15) is 11.4 Å². The van der Waals surface area contributed by atoms with E-state index in [1.165, 1.54) is 0 Å². The van der Waals surface area contributed by atoms with E-state index in [-0.39, 0.29) is 6.09 Å². The second-order valence-corrected chi connectivity index (χ2v) is 8.43. The lowest BCUT2D eigenvalue weighted by Gasteiger charge is -2.32. The molecule has 0 unspecified atom stereocenters. The van der Waals surface area contributed by atoms with Gasteiger partial charge in [0, 0.05) is 30.0 Å². The van der Waals surface area contributed by atoms with Gasteiger partial charge in [0.15, 0.2) is 0 Å². The Kier molecular flexibility index (Phi) is 5.51. The SMILES string of the molecule is COc1cccc(-c2csc(C3CCN(C(=O)OC(C)(C)C)CC3)n2)c1. The summed E-state index contributed by atoms with van der Waals surface area (Å²) in [6.45, 7) is 7.12. The molecule has 0 radical (unpaired) electrons. The third-order valence-corrected chi connectivity index (χ3v) is 5.39. The summed E-state index contributed by atoms with van der Waals surface area (Å²) in [7, 11) is 1.67. The molecule has 0 saturated carbocycles. The van der Waals surface area contributed by atoms with Gasteiger partial charge < -0.3 is 14.4 Å². The lowest BCUT2D eigenvalue weighted by atomic mass is 9.98. The molecular weight excluding hydrogens is 348 g/mol. The molecule has 1 saturated heterocycles. The quantitative estimate of drug-likeness (QED) is 0.764. The molecule has 1 amide bonds. The minimum absolute atomic E-state index is 0.216. The van der Waals surface area contributed by atoms with E-state index in [9.17, 15) is 4.79 Å². The van der Waals surface area contributed by atoms with Crippen molar-refractivity contribution in [2.24, 2.45) is 0 Å². The molecule has 0 bridgehead atoms. The third-order valence-electron chi connectivity index (χ3n) is 4.38. The van der Waals surface area contributed by atoms with Crippen LogP contribution in [0.5, 0.6) is 5.75 Å². The predicted octanol–water partition coefficient (Wildman–Crippen LogP) is 4.93. The summed E-state index contributed by atoms with van der Waals surface area (Å²) < 4.78 is 10.8. The van der Waals surface area contributed by atoms with Crippen molar-refractivity contribution in [3.63, 3.8) is 0 Å². The molecule has 2 aromatic rings. The van der Waals surface area contributed by atoms with Crippen molar-refractivity contribution < 1.29 is 14.3 Å². The molecule has 140 valence electrons. The number of piperidine rings is 1. The lowest BCUT2D eigenvalue weighted by molar-refractivity contribution is 0.0205. The maximum Gasteiger partial charge on any atom is 0.410 e. The van der Waals surface area contributed by atoms with Crippen LogP contribution in [0, 0.1) is 0 Å². The fourth-order valence-corrected chi connectivity index (χ4v) is 4.03. The van der Waals surface area contributed by atoms with Crippen LogP contribution in [0.25, 0.3) is 11.3 Å². The molecule has 6 heteroatoms. The van der Waals surface area contributed by atoms with E-state index in [4.69, 9.17) is 14.5 Å². The number of carbonyl (C=O) groups is 1. The summed E-state index contributed by atoms with van der Waals surface area (Å²) in [6.07, 6.45) is 1.63. The van der Waals surface area contributed by atoms with Crippen LogP contribution in [0.1, 0.15) is 44.5 Å². The van der Waals surface area contributed by atoms with Crippen LogP contribution < -0.4 is 4.74 Å². The number of rotatable bonds is 3. The minimum atomic E-state index is -0.450. The lowest BCUT2D eigenvalue weighted by Crippen LogP contribution is -2.41. The van der Waals surface area contributed by atoms with E-state index in [2.05, 4.69) is 5.38 Å². The molecule has 1 aliphatic rings. The Morgan fingerprint density at radius 2 is 2.00 bits per heavy atom. The smallest absolute Gasteiger partial charge is 0.410 e. The second kappa shape index (κ2) is 7.66. The largest absolute Gasteiger partial charge is 0.497 e. The first kappa shape index (κ1) is 18.7. The second-order valence-electron chi connectivity index (χ2n) is 7.54. The van der Waals surface area contributed by atoms with E-state index in [0.717, 1.165) is 34.9 Å². The summed E-state index contributed by atoms with van der Waals surface area (Å²) in [5.41, 5.74) is 1.60. The van der Waals surface area contributed by atoms with Gasteiger partial charge in [-0.3, -0.25) is 0 Å². The normalized spacial score (nSPS) is 15.8. The minimum Gasteiger partial charge on any atom is -0.497 e. The maximum atomic E-state index is 12.2. The predicted molar refractivity (Wildman–Crippen MR) is 104 cm³/mol. The highest BCUT2D eigenvalue weighted by Gasteiger charge is 2.28. The number of aromatic nitrogens is 1. The zero-order chi connectivity index (χ0) is 18.7. The Morgan fingerprint density at radius 3 is 2.65 bits per heavy atom. The van der Waals surface area contributed by atoms with Gasteiger partial charge in [-0.2, -0.15) is 0 Å². The van der Waals surface area contributed by atoms with E-state index < -0.39 is 5.60 Å². The molecule has 1 aromatic carbocycles. The van der Waals surface area contributed by atoms with E-state index in [1.54, 1.807) is 23.3 Å². The van der Waals surface area contributed by atoms with Gasteiger partial charge >= 0.3 is 6.09 Å². The van der Waals surface area contributed by atoms with Crippen molar-refractivity contribution in [3.05, 3.63) is 34.7 Å². The zero-order valence-corrected chi connectivity index (χ0v) is 16.6. The highest BCUT2D eigenvalue weighted by Crippen LogP contribution is 2.34. The number of nitrogens with zero attached hydrogens (tertiary/aromatic N) is 2. The van der Waals surface area contributed by atoms with Crippen LogP contribution >= 0.6 is 11.3 Å². The van der Waals surface area contributed by atoms with E-state index in [1.807, 2.05) is 45.0 Å². The Bertz CT molecular complexity index is 758. The molecule has 1 aliphatic heterocycles. The number of likely N-dealkylation sites (tertiary alicyclic amines) is 1. The number of methoxy groups -OCH3 is 1. The monoisotopic (exact) mass is 374 g/mol. The van der Waals surface area contributed by atoms with E-state index >= 15 is 0 Å². The number of hydrogen-bond donors (Lipinski definition) is 0. The summed E-state index contributed by atoms with van der Waals surface area (Å²) >= 11 is 1.70. The summed E-state index contributed by atoms with van der Waals surface area (Å²) in [5, 5.41) is 3.25. The van der Waals surface area contributed by atoms with Crippen LogP contribution in [-0.4, -0.2) is 41.8 Å². The Labute approximate surface area is 159 Å². The van der Waals surface area contributed by atoms with Crippen LogP contribution in [0.3, 0.4) is 0 Å². The first-order valence-corrected chi connectivity index (χ1v) is 9.81. The topological polar surface area (TPSA) is 51.7 Å². The van der Waals surface area contributed by atoms with Gasteiger partial charge in [-0.05, 0) is 45.7 Å². The van der Waals surface area contributed by atoms with Gasteiger partial charge in [-0.1, -0.05) is 12.1 Å². The third kappa shape index (κ3) is 4.55. The standard InChI is InChI=1S/C20H26N2O3S/c1-20(2,3)25-19(23)22-10-8-14(9-11-22)18-21-17(13-26-18)15-6-5-7-16(12-15)24-4/h5-7,12-14H,8-11H2,1-4H3. The highest BCUT2D eigenvalue weighted by atomic mass is 32.1. The number of amides is 1. The fraction of sp³-hybridized carbons (Fsp3) is 0.500. The Balaban J connectivity index is 1.62. The van der Waals surface area contributed by atoms with Crippen molar-refractivity contribution in [2.75, 3.05) is 20.2 Å². The van der Waals surface area contributed by atoms with Crippen molar-refractivity contribution >= 4 is 17.4 Å². The maximum absolute atomic E-state index is 12.2. The first-order valence-electron chi connectivity index (χ1n) is 8.93. The number of thiazole rings is 1. The summed E-state index contributed by atoms with van der Waals surface area (Å²) in [5.74, 6) is 1.24. The van der Waals surface area contributed by atoms with Crippen LogP contribution in [0.15, 0.2) is 29.6 Å². The van der Waals surface area contributed by atoms with Gasteiger partial charge in [0.05, 0.1) is 17.8 Å². The summed E-state index contributed by atoms with van der Waals surface area (Å²) in [6, 6.07) is 7.96. The number of ether oxygens (including phenoxy) is 2. The molecule has 26 heavy (non-hydrogen) atoms. The Morgan fingerprint density at radius 1 is 1.27 bits per heavy atom. The number of hydrogen-bond acceptors (Lipinski definition) is 5. The average Bonchev–Trinajstić information content (AvgIpc) is 3.10. The van der Waals surface area contributed by atoms with Crippen LogP contribution in [0.2, 0.25) is 0 Å². The van der Waals surface area contributed by atoms with E-state index in [0.29, 0.717) is 19.0 Å². The molecule has 0 aliphatic carbocycles. The van der Waals surface area contributed by atoms with Crippen molar-refractivity contribution in [1.29, 1.82) is 0 Å². The van der Waals surface area contributed by atoms with Gasteiger partial charge in [-0.15, -0.1) is 11.3 Å². The molecular formula is C20H26N2O3S. The highest BCUT2D eigenvalue weighted by molar-refractivity contribution is 7.10. The zero-order valence-electron chi connectivity index (χ0n) is 15.8. The van der Waals surface area contributed by atoms with Gasteiger partial charge in [0.25, 0.3) is 0 Å². The van der Waals surface area contributed by atoms with Gasteiger partial charge in [-0.25, -0.2) is 9.78 Å². The van der Waals surface area contributed by atoms with Crippen LogP contribution in [-0.2, 0) is 4.74 Å². The molecule has 0 atom stereocenters. The fourth-order valence-electron chi connectivity index (χ4n) is 3.03. The molecule has 0 spiro atoms. The molecule has 1 fully saturated rings. The number of carbonyl (C=O) groups excluding carboxylic acids is 1. The number of benzene rings is 1. The Hall–Kier alpha value is -2.08. The molecule has 0 N–H and O–H groups in total. The van der Waals surface area contributed by atoms with Gasteiger partial charge in [0.2, 0.25) is 0 Å².